The zero-order valence-corrected chi connectivity index (χ0v) is 10.4. The van der Waals surface area contributed by atoms with Crippen LogP contribution in [-0.4, -0.2) is 36.3 Å². The minimum absolute atomic E-state index is 0.195. The van der Waals surface area contributed by atoms with Gasteiger partial charge in [-0.1, -0.05) is 6.92 Å². The van der Waals surface area contributed by atoms with Gasteiger partial charge in [-0.05, 0) is 18.9 Å². The number of carbonyl (C=O) groups is 1. The Morgan fingerprint density at radius 2 is 2.35 bits per heavy atom. The molecular weight excluding hydrogens is 220 g/mol. The van der Waals surface area contributed by atoms with Gasteiger partial charge in [0.25, 0.3) is 0 Å². The van der Waals surface area contributed by atoms with Crippen LogP contribution in [-0.2, 0) is 4.74 Å². The van der Waals surface area contributed by atoms with Gasteiger partial charge in [0, 0.05) is 25.5 Å². The summed E-state index contributed by atoms with van der Waals surface area (Å²) in [6, 6.07) is 1.74. The maximum absolute atomic E-state index is 11.0. The summed E-state index contributed by atoms with van der Waals surface area (Å²) in [6.45, 7) is 5.16. The fourth-order valence-electron chi connectivity index (χ4n) is 1.50. The molecule has 0 aliphatic heterocycles. The molecule has 1 heterocycles. The number of nitrogens with one attached hydrogen (secondary N) is 1. The van der Waals surface area contributed by atoms with E-state index in [9.17, 15) is 4.79 Å². The van der Waals surface area contributed by atoms with E-state index in [1.807, 2.05) is 13.8 Å². The van der Waals surface area contributed by atoms with Crippen molar-refractivity contribution in [2.24, 2.45) is 5.92 Å². The number of nitrogens with zero attached hydrogens (tertiary/aromatic N) is 1. The number of hydrogen-bond acceptors (Lipinski definition) is 4. The third-order valence-corrected chi connectivity index (χ3v) is 2.36. The van der Waals surface area contributed by atoms with Crippen molar-refractivity contribution in [1.29, 1.82) is 0 Å². The van der Waals surface area contributed by atoms with Crippen molar-refractivity contribution in [3.63, 3.8) is 0 Å². The number of carboxylic acids is 1. The van der Waals surface area contributed by atoms with E-state index in [0.29, 0.717) is 24.8 Å². The largest absolute Gasteiger partial charge is 0.478 e. The number of carboxylic acid groups (broad SMARTS) is 1. The molecule has 0 aliphatic carbocycles. The van der Waals surface area contributed by atoms with E-state index in [2.05, 4.69) is 10.3 Å². The smallest absolute Gasteiger partial charge is 0.339 e. The van der Waals surface area contributed by atoms with Crippen LogP contribution in [0.5, 0.6) is 0 Å². The lowest BCUT2D eigenvalue weighted by Gasteiger charge is -2.14. The summed E-state index contributed by atoms with van der Waals surface area (Å²) < 4.78 is 5.02. The fourth-order valence-corrected chi connectivity index (χ4v) is 1.50. The van der Waals surface area contributed by atoms with Crippen molar-refractivity contribution in [2.45, 2.75) is 13.8 Å². The molecule has 1 rings (SSSR count). The minimum Gasteiger partial charge on any atom is -0.478 e. The van der Waals surface area contributed by atoms with Crippen LogP contribution in [0.4, 0.5) is 5.69 Å². The lowest BCUT2D eigenvalue weighted by molar-refractivity contribution is 0.0697. The van der Waals surface area contributed by atoms with Crippen molar-refractivity contribution in [2.75, 3.05) is 25.6 Å². The second kappa shape index (κ2) is 6.20. The Morgan fingerprint density at radius 1 is 1.65 bits per heavy atom. The van der Waals surface area contributed by atoms with Crippen molar-refractivity contribution >= 4 is 11.7 Å². The predicted molar refractivity (Wildman–Crippen MR) is 65.5 cm³/mol. The third kappa shape index (κ3) is 4.03. The van der Waals surface area contributed by atoms with Gasteiger partial charge < -0.3 is 15.2 Å². The molecule has 0 fully saturated rings. The lowest BCUT2D eigenvalue weighted by Crippen LogP contribution is -2.17. The summed E-state index contributed by atoms with van der Waals surface area (Å²) >= 11 is 0. The molecule has 0 radical (unpaired) electrons. The Bertz CT molecular complexity index is 393. The Balaban J connectivity index is 2.75. The second-order valence-corrected chi connectivity index (χ2v) is 4.12. The molecule has 1 atom stereocenters. The molecule has 0 spiro atoms. The van der Waals surface area contributed by atoms with Gasteiger partial charge in [0.15, 0.2) is 0 Å². The van der Waals surface area contributed by atoms with Crippen LogP contribution in [0.15, 0.2) is 12.3 Å². The second-order valence-electron chi connectivity index (χ2n) is 4.12. The first-order valence-corrected chi connectivity index (χ1v) is 5.47. The predicted octanol–water partition coefficient (Wildman–Crippen LogP) is 1.78. The molecule has 17 heavy (non-hydrogen) atoms. The molecule has 1 unspecified atom stereocenters. The molecule has 0 amide bonds. The van der Waals surface area contributed by atoms with Gasteiger partial charge in [0.1, 0.15) is 5.56 Å². The molecule has 1 aromatic heterocycles. The highest BCUT2D eigenvalue weighted by atomic mass is 16.5. The van der Waals surface area contributed by atoms with E-state index in [-0.39, 0.29) is 5.56 Å². The summed E-state index contributed by atoms with van der Waals surface area (Å²) in [5.74, 6) is -0.658. The Hall–Kier alpha value is -1.62. The number of ether oxygens (including phenoxy) is 1. The number of aromatic carboxylic acids is 1. The molecule has 5 heteroatoms. The molecule has 5 nitrogen and oxygen atoms in total. The Morgan fingerprint density at radius 3 is 2.94 bits per heavy atom. The van der Waals surface area contributed by atoms with Crippen molar-refractivity contribution in [3.05, 3.63) is 23.5 Å². The van der Waals surface area contributed by atoms with Gasteiger partial charge in [-0.2, -0.15) is 0 Å². The van der Waals surface area contributed by atoms with Crippen LogP contribution in [0.25, 0.3) is 0 Å². The molecule has 2 N–H and O–H groups in total. The summed E-state index contributed by atoms with van der Waals surface area (Å²) in [4.78, 5) is 15.0. The molecule has 0 bridgehead atoms. The average Bonchev–Trinajstić information content (AvgIpc) is 2.26. The maximum Gasteiger partial charge on any atom is 0.339 e. The van der Waals surface area contributed by atoms with Crippen molar-refractivity contribution < 1.29 is 14.6 Å². The number of anilines is 1. The first-order chi connectivity index (χ1) is 8.04. The highest BCUT2D eigenvalue weighted by molar-refractivity contribution is 5.93. The summed E-state index contributed by atoms with van der Waals surface area (Å²) in [5.41, 5.74) is 1.59. The zero-order chi connectivity index (χ0) is 12.8. The van der Waals surface area contributed by atoms with Gasteiger partial charge in [-0.3, -0.25) is 4.98 Å². The number of rotatable bonds is 6. The van der Waals surface area contributed by atoms with E-state index in [1.54, 1.807) is 13.2 Å². The van der Waals surface area contributed by atoms with E-state index in [0.717, 1.165) is 5.69 Å². The van der Waals surface area contributed by atoms with Crippen LogP contribution in [0.3, 0.4) is 0 Å². The van der Waals surface area contributed by atoms with Gasteiger partial charge in [-0.25, -0.2) is 4.79 Å². The van der Waals surface area contributed by atoms with Gasteiger partial charge in [0.2, 0.25) is 0 Å². The number of methoxy groups -OCH3 is 1. The first-order valence-electron chi connectivity index (χ1n) is 5.47. The SMILES string of the molecule is COCC(C)CNc1cc(C)ncc1C(=O)O. The summed E-state index contributed by atoms with van der Waals surface area (Å²) in [5, 5.41) is 12.1. The molecule has 0 aliphatic rings. The highest BCUT2D eigenvalue weighted by Crippen LogP contribution is 2.16. The van der Waals surface area contributed by atoms with Gasteiger partial charge in [0.05, 0.1) is 12.3 Å². The van der Waals surface area contributed by atoms with Crippen LogP contribution in [0.2, 0.25) is 0 Å². The molecule has 1 aromatic rings. The first kappa shape index (κ1) is 13.4. The number of pyridine rings is 1. The van der Waals surface area contributed by atoms with Crippen molar-refractivity contribution in [1.82, 2.24) is 4.98 Å². The highest BCUT2D eigenvalue weighted by Gasteiger charge is 2.11. The van der Waals surface area contributed by atoms with Crippen molar-refractivity contribution in [3.8, 4) is 0 Å². The monoisotopic (exact) mass is 238 g/mol. The maximum atomic E-state index is 11.0. The van der Waals surface area contributed by atoms with E-state index in [1.165, 1.54) is 6.20 Å². The Labute approximate surface area is 101 Å². The fraction of sp³-hybridized carbons (Fsp3) is 0.500. The molecule has 94 valence electrons. The number of aromatic nitrogens is 1. The minimum atomic E-state index is -0.973. The quantitative estimate of drug-likeness (QED) is 0.790. The zero-order valence-electron chi connectivity index (χ0n) is 10.4. The number of aryl methyl sites for hydroxylation is 1. The third-order valence-electron chi connectivity index (χ3n) is 2.36. The lowest BCUT2D eigenvalue weighted by atomic mass is 10.1. The standard InChI is InChI=1S/C12H18N2O3/c1-8(7-17-3)5-14-11-4-9(2)13-6-10(11)12(15)16/h4,6,8H,5,7H2,1-3H3,(H,13,14)(H,15,16). The van der Waals surface area contributed by atoms with E-state index >= 15 is 0 Å². The molecule has 0 saturated heterocycles. The van der Waals surface area contributed by atoms with Crippen LogP contribution in [0.1, 0.15) is 23.0 Å². The van der Waals surface area contributed by atoms with E-state index in [4.69, 9.17) is 9.84 Å². The Kier molecular flexibility index (Phi) is 4.90. The molecular formula is C12H18N2O3. The molecule has 0 aromatic carbocycles. The number of hydrogen-bond donors (Lipinski definition) is 2. The average molecular weight is 238 g/mol. The summed E-state index contributed by atoms with van der Waals surface area (Å²) in [7, 11) is 1.65. The summed E-state index contributed by atoms with van der Waals surface area (Å²) in [6.07, 6.45) is 1.38. The van der Waals surface area contributed by atoms with Crippen LogP contribution >= 0.6 is 0 Å². The molecule has 0 saturated carbocycles. The van der Waals surface area contributed by atoms with Gasteiger partial charge in [-0.15, -0.1) is 0 Å². The van der Waals surface area contributed by atoms with E-state index < -0.39 is 5.97 Å². The van der Waals surface area contributed by atoms with Crippen LogP contribution < -0.4 is 5.32 Å². The van der Waals surface area contributed by atoms with Crippen LogP contribution in [0, 0.1) is 12.8 Å². The van der Waals surface area contributed by atoms with Gasteiger partial charge >= 0.3 is 5.97 Å². The normalized spacial score (nSPS) is 12.2. The topological polar surface area (TPSA) is 71.5 Å².